The average Bonchev–Trinajstić information content (AvgIpc) is 3.30. The van der Waals surface area contributed by atoms with Crippen LogP contribution < -0.4 is 4.90 Å². The molecule has 2 aliphatic rings. The van der Waals surface area contributed by atoms with E-state index in [1.165, 1.54) is 15.1 Å². The lowest BCUT2D eigenvalue weighted by Gasteiger charge is -2.21. The van der Waals surface area contributed by atoms with Gasteiger partial charge in [-0.05, 0) is 55.3 Å². The number of hydrogen-bond donors (Lipinski definition) is 0. The highest BCUT2D eigenvalue weighted by Crippen LogP contribution is 2.34. The molecular weight excluding hydrogens is 384 g/mol. The van der Waals surface area contributed by atoms with Crippen molar-refractivity contribution < 1.29 is 8.42 Å². The summed E-state index contributed by atoms with van der Waals surface area (Å²) in [5.74, 6) is 0. The second-order valence-electron chi connectivity index (χ2n) is 7.92. The van der Waals surface area contributed by atoms with E-state index in [9.17, 15) is 8.42 Å². The summed E-state index contributed by atoms with van der Waals surface area (Å²) in [7, 11) is 0.341. The molecule has 4 heterocycles. The van der Waals surface area contributed by atoms with Crippen molar-refractivity contribution >= 4 is 32.3 Å². The highest BCUT2D eigenvalue weighted by molar-refractivity contribution is 7.90. The van der Waals surface area contributed by atoms with Gasteiger partial charge < -0.3 is 9.80 Å². The van der Waals surface area contributed by atoms with Gasteiger partial charge in [0.05, 0.1) is 4.90 Å². The molecule has 0 bridgehead atoms. The van der Waals surface area contributed by atoms with Crippen LogP contribution in [0, 0.1) is 0 Å². The number of anilines is 1. The number of fused-ring (bicyclic) bond motifs is 2. The van der Waals surface area contributed by atoms with Crippen LogP contribution in [-0.2, 0) is 16.4 Å². The Morgan fingerprint density at radius 1 is 1.07 bits per heavy atom. The summed E-state index contributed by atoms with van der Waals surface area (Å²) in [4.78, 5) is 9.08. The van der Waals surface area contributed by atoms with Crippen molar-refractivity contribution in [2.24, 2.45) is 0 Å². The second kappa shape index (κ2) is 6.71. The number of likely N-dealkylation sites (N-methyl/N-ethyl adjacent to an activating group) is 2. The van der Waals surface area contributed by atoms with Gasteiger partial charge in [0.2, 0.25) is 0 Å². The van der Waals surface area contributed by atoms with Crippen LogP contribution in [0.4, 0.5) is 5.69 Å². The molecule has 2 aromatic heterocycles. The van der Waals surface area contributed by atoms with Crippen molar-refractivity contribution in [1.29, 1.82) is 0 Å². The highest BCUT2D eigenvalue weighted by atomic mass is 32.2. The van der Waals surface area contributed by atoms with Crippen LogP contribution in [0.25, 0.3) is 16.6 Å². The van der Waals surface area contributed by atoms with E-state index in [2.05, 4.69) is 27.9 Å². The SMILES string of the molecule is CN1CC=C(c2cn(S(=O)(=O)c3ccc4c(c3)N(C)CC4)c3ncccc23)CC1. The van der Waals surface area contributed by atoms with Crippen LogP contribution >= 0.6 is 0 Å². The average molecular weight is 409 g/mol. The Kier molecular flexibility index (Phi) is 4.26. The normalized spacial score (nSPS) is 17.6. The van der Waals surface area contributed by atoms with E-state index in [4.69, 9.17) is 0 Å². The summed E-state index contributed by atoms with van der Waals surface area (Å²) in [6.45, 7) is 2.74. The second-order valence-corrected chi connectivity index (χ2v) is 9.74. The van der Waals surface area contributed by atoms with E-state index in [-0.39, 0.29) is 0 Å². The maximum absolute atomic E-state index is 13.6. The molecule has 3 aromatic rings. The molecule has 29 heavy (non-hydrogen) atoms. The Morgan fingerprint density at radius 3 is 2.72 bits per heavy atom. The fourth-order valence-electron chi connectivity index (χ4n) is 4.28. The van der Waals surface area contributed by atoms with Gasteiger partial charge in [0, 0.05) is 55.7 Å². The molecule has 0 atom stereocenters. The molecule has 0 aliphatic carbocycles. The monoisotopic (exact) mass is 408 g/mol. The Morgan fingerprint density at radius 2 is 1.93 bits per heavy atom. The largest absolute Gasteiger partial charge is 0.374 e. The summed E-state index contributed by atoms with van der Waals surface area (Å²) >= 11 is 0. The summed E-state index contributed by atoms with van der Waals surface area (Å²) in [5, 5.41) is 0.880. The van der Waals surface area contributed by atoms with Crippen LogP contribution in [0.5, 0.6) is 0 Å². The molecule has 0 saturated carbocycles. The Labute approximate surface area is 171 Å². The minimum atomic E-state index is -3.75. The van der Waals surface area contributed by atoms with Crippen molar-refractivity contribution in [1.82, 2.24) is 13.9 Å². The zero-order valence-electron chi connectivity index (χ0n) is 16.7. The number of pyridine rings is 1. The van der Waals surface area contributed by atoms with E-state index < -0.39 is 10.0 Å². The summed E-state index contributed by atoms with van der Waals surface area (Å²) in [6, 6.07) is 9.27. The van der Waals surface area contributed by atoms with Crippen LogP contribution in [0.1, 0.15) is 17.5 Å². The zero-order valence-corrected chi connectivity index (χ0v) is 17.5. The van der Waals surface area contributed by atoms with Crippen molar-refractivity contribution in [3.05, 3.63) is 59.9 Å². The highest BCUT2D eigenvalue weighted by Gasteiger charge is 2.26. The number of hydrogen-bond acceptors (Lipinski definition) is 5. The maximum Gasteiger partial charge on any atom is 0.269 e. The molecule has 0 radical (unpaired) electrons. The molecule has 0 fully saturated rings. The van der Waals surface area contributed by atoms with Gasteiger partial charge in [0.25, 0.3) is 10.0 Å². The molecule has 1 aromatic carbocycles. The number of rotatable bonds is 3. The van der Waals surface area contributed by atoms with Gasteiger partial charge in [0.15, 0.2) is 5.65 Å². The third-order valence-electron chi connectivity index (χ3n) is 6.03. The minimum Gasteiger partial charge on any atom is -0.374 e. The Bertz CT molecular complexity index is 1240. The van der Waals surface area contributed by atoms with E-state index >= 15 is 0 Å². The van der Waals surface area contributed by atoms with E-state index in [1.54, 1.807) is 24.5 Å². The fraction of sp³-hybridized carbons (Fsp3) is 0.318. The lowest BCUT2D eigenvalue weighted by Crippen LogP contribution is -2.23. The molecule has 150 valence electrons. The van der Waals surface area contributed by atoms with Crippen molar-refractivity contribution in [2.75, 3.05) is 38.6 Å². The summed E-state index contributed by atoms with van der Waals surface area (Å²) in [6.07, 6.45) is 7.44. The lowest BCUT2D eigenvalue weighted by molar-refractivity contribution is 0.370. The smallest absolute Gasteiger partial charge is 0.269 e. The third-order valence-corrected chi connectivity index (χ3v) is 7.68. The van der Waals surface area contributed by atoms with Crippen LogP contribution in [0.3, 0.4) is 0 Å². The number of aromatic nitrogens is 2. The molecule has 2 aliphatic heterocycles. The molecule has 0 spiro atoms. The Balaban J connectivity index is 1.66. The van der Waals surface area contributed by atoms with E-state index in [0.29, 0.717) is 10.5 Å². The van der Waals surface area contributed by atoms with Crippen LogP contribution in [0.2, 0.25) is 0 Å². The molecule has 0 unspecified atom stereocenters. The van der Waals surface area contributed by atoms with Gasteiger partial charge in [-0.3, -0.25) is 0 Å². The predicted molar refractivity (Wildman–Crippen MR) is 116 cm³/mol. The van der Waals surface area contributed by atoms with Gasteiger partial charge in [-0.2, -0.15) is 0 Å². The zero-order chi connectivity index (χ0) is 20.2. The quantitative estimate of drug-likeness (QED) is 0.667. The topological polar surface area (TPSA) is 58.4 Å². The maximum atomic E-state index is 13.6. The first kappa shape index (κ1) is 18.4. The molecular formula is C22H24N4O2S. The van der Waals surface area contributed by atoms with Gasteiger partial charge in [-0.1, -0.05) is 12.1 Å². The summed E-state index contributed by atoms with van der Waals surface area (Å²) in [5.41, 5.74) is 4.82. The van der Waals surface area contributed by atoms with Gasteiger partial charge in [-0.25, -0.2) is 17.4 Å². The first-order valence-electron chi connectivity index (χ1n) is 9.89. The van der Waals surface area contributed by atoms with Gasteiger partial charge >= 0.3 is 0 Å². The third kappa shape index (κ3) is 2.96. The molecule has 5 rings (SSSR count). The fourth-order valence-corrected chi connectivity index (χ4v) is 5.62. The first-order valence-corrected chi connectivity index (χ1v) is 11.3. The lowest BCUT2D eigenvalue weighted by atomic mass is 10.00. The standard InChI is InChI=1S/C22H24N4O2S/c1-24-11-7-16(8-12-24)20-15-26(22-19(20)4-3-10-23-22)29(27,28)18-6-5-17-9-13-25(2)21(17)14-18/h3-7,10,14-15H,8-9,11-13H2,1-2H3. The van der Waals surface area contributed by atoms with Gasteiger partial charge in [-0.15, -0.1) is 0 Å². The van der Waals surface area contributed by atoms with Gasteiger partial charge in [0.1, 0.15) is 0 Å². The Hall–Kier alpha value is -2.64. The predicted octanol–water partition coefficient (Wildman–Crippen LogP) is 2.98. The number of benzene rings is 1. The molecule has 0 amide bonds. The van der Waals surface area contributed by atoms with Crippen molar-refractivity contribution in [3.63, 3.8) is 0 Å². The molecule has 0 N–H and O–H groups in total. The van der Waals surface area contributed by atoms with Crippen molar-refractivity contribution in [2.45, 2.75) is 17.7 Å². The van der Waals surface area contributed by atoms with Crippen LogP contribution in [-0.4, -0.2) is 56.0 Å². The minimum absolute atomic E-state index is 0.302. The summed E-state index contributed by atoms with van der Waals surface area (Å²) < 4.78 is 28.5. The first-order chi connectivity index (χ1) is 13.9. The molecule has 7 heteroatoms. The molecule has 0 saturated heterocycles. The van der Waals surface area contributed by atoms with Crippen LogP contribution in [0.15, 0.2) is 53.7 Å². The van der Waals surface area contributed by atoms with Crippen molar-refractivity contribution in [3.8, 4) is 0 Å². The molecule has 6 nitrogen and oxygen atoms in total. The van der Waals surface area contributed by atoms with E-state index in [1.807, 2.05) is 25.2 Å². The van der Waals surface area contributed by atoms with E-state index in [0.717, 1.165) is 49.1 Å². The number of nitrogens with zero attached hydrogens (tertiary/aromatic N) is 4.